The number of fused-ring (bicyclic) bond motifs is 3. The third kappa shape index (κ3) is 4.11. The van der Waals surface area contributed by atoms with Crippen LogP contribution in [-0.2, 0) is 11.3 Å². The molecule has 0 atom stereocenters. The number of anilines is 2. The minimum atomic E-state index is -0.676. The molecule has 5 rings (SSSR count). The molecule has 0 bridgehead atoms. The number of benzene rings is 1. The topological polar surface area (TPSA) is 108 Å². The highest BCUT2D eigenvalue weighted by Crippen LogP contribution is 2.45. The number of halogens is 1. The van der Waals surface area contributed by atoms with Crippen LogP contribution >= 0.6 is 0 Å². The van der Waals surface area contributed by atoms with Crippen molar-refractivity contribution >= 4 is 28.8 Å². The molecule has 3 aromatic heterocycles. The Balaban J connectivity index is 1.62. The summed E-state index contributed by atoms with van der Waals surface area (Å²) in [6, 6.07) is 9.85. The largest absolute Gasteiger partial charge is 0.443 e. The predicted octanol–water partition coefficient (Wildman–Crippen LogP) is 5.07. The van der Waals surface area contributed by atoms with Crippen LogP contribution in [-0.4, -0.2) is 37.8 Å². The van der Waals surface area contributed by atoms with Crippen LogP contribution in [0.3, 0.4) is 0 Å². The fourth-order valence-electron chi connectivity index (χ4n) is 4.17. The number of aromatic nitrogens is 4. The Hall–Kier alpha value is -4.21. The average Bonchev–Trinajstić information content (AvgIpc) is 3.33. The van der Waals surface area contributed by atoms with Crippen molar-refractivity contribution in [3.63, 3.8) is 0 Å². The summed E-state index contributed by atoms with van der Waals surface area (Å²) in [6.45, 7) is 8.12. The van der Waals surface area contributed by atoms with Crippen LogP contribution in [0.4, 0.5) is 20.8 Å². The Morgan fingerprint density at radius 3 is 2.66 bits per heavy atom. The van der Waals surface area contributed by atoms with Crippen molar-refractivity contribution < 1.29 is 18.7 Å². The summed E-state index contributed by atoms with van der Waals surface area (Å²) in [5.74, 6) is 0.507. The maximum absolute atomic E-state index is 15.2. The van der Waals surface area contributed by atoms with Crippen LogP contribution in [0.2, 0.25) is 0 Å². The van der Waals surface area contributed by atoms with Crippen molar-refractivity contribution in [2.24, 2.45) is 0 Å². The van der Waals surface area contributed by atoms with Gasteiger partial charge >= 0.3 is 6.09 Å². The lowest BCUT2D eigenvalue weighted by Crippen LogP contribution is -2.35. The SMILES string of the molecule is Cc1cccc(Oc2ccc(-c3c4n(c5ncnc(N)c35)CCN4C(=O)OC(C)(C)C)cc2F)n1. The van der Waals surface area contributed by atoms with Crippen molar-refractivity contribution in [1.82, 2.24) is 19.5 Å². The number of pyridine rings is 1. The molecule has 10 heteroatoms. The van der Waals surface area contributed by atoms with Gasteiger partial charge in [-0.05, 0) is 51.5 Å². The van der Waals surface area contributed by atoms with E-state index >= 15 is 4.39 Å². The van der Waals surface area contributed by atoms with Gasteiger partial charge in [0.2, 0.25) is 5.88 Å². The number of carbonyl (C=O) groups excluding carboxylic acids is 1. The molecule has 0 saturated carbocycles. The van der Waals surface area contributed by atoms with Gasteiger partial charge < -0.3 is 19.8 Å². The second kappa shape index (κ2) is 8.23. The smallest absolute Gasteiger partial charge is 0.416 e. The molecule has 1 aromatic carbocycles. The van der Waals surface area contributed by atoms with Crippen molar-refractivity contribution in [2.45, 2.75) is 39.8 Å². The van der Waals surface area contributed by atoms with E-state index in [1.54, 1.807) is 39.0 Å². The third-order valence-corrected chi connectivity index (χ3v) is 5.56. The van der Waals surface area contributed by atoms with Gasteiger partial charge in [0, 0.05) is 30.4 Å². The summed E-state index contributed by atoms with van der Waals surface area (Å²) in [7, 11) is 0. The first-order valence-corrected chi connectivity index (χ1v) is 11.2. The number of aryl methyl sites for hydroxylation is 1. The molecule has 9 nitrogen and oxygen atoms in total. The minimum absolute atomic E-state index is 0.0280. The number of hydrogen-bond donors (Lipinski definition) is 1. The first-order valence-electron chi connectivity index (χ1n) is 11.2. The lowest BCUT2D eigenvalue weighted by molar-refractivity contribution is 0.0584. The van der Waals surface area contributed by atoms with E-state index in [1.807, 2.05) is 17.6 Å². The number of carbonyl (C=O) groups is 1. The van der Waals surface area contributed by atoms with Crippen LogP contribution in [0, 0.1) is 12.7 Å². The van der Waals surface area contributed by atoms with Gasteiger partial charge in [-0.3, -0.25) is 4.90 Å². The van der Waals surface area contributed by atoms with Crippen molar-refractivity contribution in [3.05, 3.63) is 54.2 Å². The van der Waals surface area contributed by atoms with Crippen LogP contribution in [0.1, 0.15) is 26.5 Å². The molecule has 0 spiro atoms. The van der Waals surface area contributed by atoms with Crippen LogP contribution in [0.15, 0.2) is 42.7 Å². The molecule has 35 heavy (non-hydrogen) atoms. The molecule has 4 aromatic rings. The Morgan fingerprint density at radius 2 is 1.94 bits per heavy atom. The minimum Gasteiger partial charge on any atom is -0.443 e. The zero-order chi connectivity index (χ0) is 24.9. The third-order valence-electron chi connectivity index (χ3n) is 5.56. The first kappa shape index (κ1) is 22.6. The van der Waals surface area contributed by atoms with Gasteiger partial charge in [0.1, 0.15) is 29.2 Å². The summed E-state index contributed by atoms with van der Waals surface area (Å²) in [6.07, 6.45) is 0.870. The summed E-state index contributed by atoms with van der Waals surface area (Å²) in [4.78, 5) is 27.4. The molecule has 0 aliphatic carbocycles. The monoisotopic (exact) mass is 476 g/mol. The van der Waals surface area contributed by atoms with E-state index in [0.717, 1.165) is 5.69 Å². The molecule has 4 heterocycles. The maximum atomic E-state index is 15.2. The van der Waals surface area contributed by atoms with E-state index in [2.05, 4.69) is 15.0 Å². The Morgan fingerprint density at radius 1 is 1.14 bits per heavy atom. The Bertz CT molecular complexity index is 1460. The molecule has 0 radical (unpaired) electrons. The molecular formula is C25H25FN6O3. The number of nitrogen functional groups attached to an aromatic ring is 1. The quantitative estimate of drug-likeness (QED) is 0.440. The molecule has 2 N–H and O–H groups in total. The van der Waals surface area contributed by atoms with E-state index < -0.39 is 17.5 Å². The number of rotatable bonds is 3. The molecular weight excluding hydrogens is 451 g/mol. The van der Waals surface area contributed by atoms with Gasteiger partial charge in [-0.2, -0.15) is 0 Å². The second-order valence-corrected chi connectivity index (χ2v) is 9.30. The summed E-state index contributed by atoms with van der Waals surface area (Å²) in [5.41, 5.74) is 7.94. The molecule has 1 aliphatic heterocycles. The zero-order valence-electron chi connectivity index (χ0n) is 19.9. The van der Waals surface area contributed by atoms with Gasteiger partial charge in [-0.15, -0.1) is 0 Å². The number of amides is 1. The summed E-state index contributed by atoms with van der Waals surface area (Å²) < 4.78 is 28.4. The van der Waals surface area contributed by atoms with Gasteiger partial charge in [0.25, 0.3) is 0 Å². The van der Waals surface area contributed by atoms with Crippen LogP contribution in [0.5, 0.6) is 11.6 Å². The van der Waals surface area contributed by atoms with E-state index in [4.69, 9.17) is 15.2 Å². The molecule has 1 amide bonds. The van der Waals surface area contributed by atoms with Gasteiger partial charge in [0.05, 0.1) is 5.39 Å². The molecule has 0 saturated heterocycles. The van der Waals surface area contributed by atoms with Crippen molar-refractivity contribution in [1.29, 1.82) is 0 Å². The highest BCUT2D eigenvalue weighted by Gasteiger charge is 2.35. The lowest BCUT2D eigenvalue weighted by Gasteiger charge is -2.24. The fourth-order valence-corrected chi connectivity index (χ4v) is 4.17. The highest BCUT2D eigenvalue weighted by atomic mass is 19.1. The summed E-state index contributed by atoms with van der Waals surface area (Å²) >= 11 is 0. The molecule has 180 valence electrons. The van der Waals surface area contributed by atoms with Gasteiger partial charge in [0.15, 0.2) is 11.6 Å². The van der Waals surface area contributed by atoms with Crippen molar-refractivity contribution in [3.8, 4) is 22.8 Å². The van der Waals surface area contributed by atoms with E-state index in [1.165, 1.54) is 23.4 Å². The molecule has 0 unspecified atom stereocenters. The zero-order valence-corrected chi connectivity index (χ0v) is 19.9. The number of nitrogens with two attached hydrogens (primary N) is 1. The van der Waals surface area contributed by atoms with Crippen molar-refractivity contribution in [2.75, 3.05) is 17.2 Å². The Labute approximate surface area is 201 Å². The van der Waals surface area contributed by atoms with Gasteiger partial charge in [-0.25, -0.2) is 24.1 Å². The first-order chi connectivity index (χ1) is 16.6. The number of nitrogens with zero attached hydrogens (tertiary/aromatic N) is 5. The summed E-state index contributed by atoms with van der Waals surface area (Å²) in [5, 5.41) is 0.546. The molecule has 0 fully saturated rings. The highest BCUT2D eigenvalue weighted by molar-refractivity contribution is 6.10. The lowest BCUT2D eigenvalue weighted by atomic mass is 10.0. The van der Waals surface area contributed by atoms with Crippen LogP contribution < -0.4 is 15.4 Å². The van der Waals surface area contributed by atoms with E-state index in [9.17, 15) is 4.79 Å². The number of hydrogen-bond acceptors (Lipinski definition) is 7. The van der Waals surface area contributed by atoms with E-state index in [-0.39, 0.29) is 11.6 Å². The number of ether oxygens (including phenoxy) is 2. The van der Waals surface area contributed by atoms with Crippen LogP contribution in [0.25, 0.3) is 22.2 Å². The fraction of sp³-hybridized carbons (Fsp3) is 0.280. The predicted molar refractivity (Wildman–Crippen MR) is 130 cm³/mol. The maximum Gasteiger partial charge on any atom is 0.416 e. The Kier molecular flexibility index (Phi) is 5.31. The standard InChI is InChI=1S/C25H25FN6O3/c1-14-6-5-7-18(30-14)34-17-9-8-15(12-16(17)26)19-20-21(27)28-13-29-22(20)31-10-11-32(23(19)31)24(33)35-25(2,3)4/h5-9,12-13H,10-11H2,1-4H3,(H2,27,28,29). The van der Waals surface area contributed by atoms with E-state index in [0.29, 0.717) is 46.9 Å². The average molecular weight is 477 g/mol. The normalized spacial score (nSPS) is 13.2. The second-order valence-electron chi connectivity index (χ2n) is 9.30. The molecule has 1 aliphatic rings. The van der Waals surface area contributed by atoms with Gasteiger partial charge in [-0.1, -0.05) is 12.1 Å².